The van der Waals surface area contributed by atoms with Crippen molar-refractivity contribution in [2.75, 3.05) is 18.5 Å². The first kappa shape index (κ1) is 13.0. The molecule has 17 heavy (non-hydrogen) atoms. The van der Waals surface area contributed by atoms with E-state index in [-0.39, 0.29) is 6.42 Å². The molecule has 0 saturated heterocycles. The maximum atomic E-state index is 11.3. The lowest BCUT2D eigenvalue weighted by Crippen LogP contribution is -2.24. The number of aliphatic carboxylic acids is 1. The van der Waals surface area contributed by atoms with Crippen LogP contribution in [0.4, 0.5) is 5.69 Å². The van der Waals surface area contributed by atoms with Gasteiger partial charge in [0.2, 0.25) is 0 Å². The molecular formula is C12H16N2O3. The zero-order valence-corrected chi connectivity index (χ0v) is 9.93. The average molecular weight is 236 g/mol. The molecule has 0 atom stereocenters. The van der Waals surface area contributed by atoms with Gasteiger partial charge >= 0.3 is 5.97 Å². The number of nitrogens with two attached hydrogens (primary N) is 1. The highest BCUT2D eigenvalue weighted by molar-refractivity contribution is 5.98. The Hall–Kier alpha value is -2.04. The van der Waals surface area contributed by atoms with Gasteiger partial charge < -0.3 is 15.7 Å². The van der Waals surface area contributed by atoms with Crippen molar-refractivity contribution in [3.05, 3.63) is 29.3 Å². The third-order valence-electron chi connectivity index (χ3n) is 2.49. The van der Waals surface area contributed by atoms with Crippen molar-refractivity contribution < 1.29 is 14.7 Å². The summed E-state index contributed by atoms with van der Waals surface area (Å²) in [6, 6.07) is 5.28. The Labute approximate surface area is 99.8 Å². The first-order valence-electron chi connectivity index (χ1n) is 5.25. The van der Waals surface area contributed by atoms with Gasteiger partial charge in [0.1, 0.15) is 0 Å². The van der Waals surface area contributed by atoms with Gasteiger partial charge in [0.15, 0.2) is 0 Å². The molecule has 0 fully saturated rings. The fourth-order valence-electron chi connectivity index (χ4n) is 1.55. The molecule has 92 valence electrons. The minimum absolute atomic E-state index is 0.0165. The lowest BCUT2D eigenvalue weighted by Gasteiger charge is -2.21. The van der Waals surface area contributed by atoms with Crippen molar-refractivity contribution in [3.63, 3.8) is 0 Å². The molecule has 0 radical (unpaired) electrons. The number of benzene rings is 1. The number of hydrogen-bond acceptors (Lipinski definition) is 3. The van der Waals surface area contributed by atoms with Gasteiger partial charge in [-0.1, -0.05) is 6.07 Å². The van der Waals surface area contributed by atoms with Crippen LogP contribution in [0.3, 0.4) is 0 Å². The number of carbonyl (C=O) groups is 2. The number of nitrogens with zero attached hydrogens (tertiary/aromatic N) is 1. The molecule has 0 spiro atoms. The highest BCUT2D eigenvalue weighted by Crippen LogP contribution is 2.21. The van der Waals surface area contributed by atoms with Gasteiger partial charge in [0.25, 0.3) is 5.91 Å². The summed E-state index contributed by atoms with van der Waals surface area (Å²) in [5.74, 6) is -1.38. The normalized spacial score (nSPS) is 10.0. The minimum Gasteiger partial charge on any atom is -0.481 e. The van der Waals surface area contributed by atoms with Gasteiger partial charge in [-0.05, 0) is 24.6 Å². The molecule has 1 amide bonds. The molecule has 1 aromatic carbocycles. The molecule has 0 unspecified atom stereocenters. The molecular weight excluding hydrogens is 220 g/mol. The zero-order chi connectivity index (χ0) is 13.0. The largest absolute Gasteiger partial charge is 0.481 e. The molecule has 0 aliphatic rings. The second-order valence-corrected chi connectivity index (χ2v) is 3.95. The fraction of sp³-hybridized carbons (Fsp3) is 0.333. The van der Waals surface area contributed by atoms with Crippen molar-refractivity contribution in [1.29, 1.82) is 0 Å². The number of amides is 1. The number of carboxylic acid groups (broad SMARTS) is 1. The van der Waals surface area contributed by atoms with Crippen molar-refractivity contribution >= 4 is 17.6 Å². The summed E-state index contributed by atoms with van der Waals surface area (Å²) < 4.78 is 0. The molecule has 0 aliphatic carbocycles. The number of primary amides is 1. The number of rotatable bonds is 5. The smallest absolute Gasteiger partial charge is 0.305 e. The molecule has 0 bridgehead atoms. The van der Waals surface area contributed by atoms with E-state index in [1.54, 1.807) is 24.1 Å². The number of anilines is 1. The van der Waals surface area contributed by atoms with Crippen LogP contribution in [0, 0.1) is 6.92 Å². The van der Waals surface area contributed by atoms with Gasteiger partial charge in [-0.25, -0.2) is 0 Å². The Morgan fingerprint density at radius 2 is 2.06 bits per heavy atom. The highest BCUT2D eigenvalue weighted by atomic mass is 16.4. The summed E-state index contributed by atoms with van der Waals surface area (Å²) in [5.41, 5.74) is 7.34. The van der Waals surface area contributed by atoms with E-state index in [2.05, 4.69) is 0 Å². The quantitative estimate of drug-likeness (QED) is 0.799. The molecule has 0 aliphatic heterocycles. The van der Waals surface area contributed by atoms with Crippen LogP contribution >= 0.6 is 0 Å². The van der Waals surface area contributed by atoms with Crippen LogP contribution in [-0.4, -0.2) is 30.6 Å². The maximum absolute atomic E-state index is 11.3. The van der Waals surface area contributed by atoms with Crippen LogP contribution in [0.2, 0.25) is 0 Å². The molecule has 1 aromatic rings. The second-order valence-electron chi connectivity index (χ2n) is 3.95. The lowest BCUT2D eigenvalue weighted by molar-refractivity contribution is -0.136. The van der Waals surface area contributed by atoms with E-state index in [1.807, 2.05) is 13.0 Å². The summed E-state index contributed by atoms with van der Waals surface area (Å²) in [4.78, 5) is 23.5. The van der Waals surface area contributed by atoms with Gasteiger partial charge in [0.05, 0.1) is 12.0 Å². The van der Waals surface area contributed by atoms with Crippen molar-refractivity contribution in [2.45, 2.75) is 13.3 Å². The Morgan fingerprint density at radius 1 is 1.41 bits per heavy atom. The maximum Gasteiger partial charge on any atom is 0.305 e. The summed E-state index contributed by atoms with van der Waals surface area (Å²) in [6.07, 6.45) is 0.0165. The SMILES string of the molecule is Cc1ccc(C(N)=O)c(N(C)CCC(=O)O)c1. The summed E-state index contributed by atoms with van der Waals surface area (Å²) >= 11 is 0. The average Bonchev–Trinajstić information content (AvgIpc) is 2.25. The fourth-order valence-corrected chi connectivity index (χ4v) is 1.55. The predicted octanol–water partition coefficient (Wildman–Crippen LogP) is 1.00. The Balaban J connectivity index is 2.97. The Kier molecular flexibility index (Phi) is 4.09. The van der Waals surface area contributed by atoms with Crippen molar-refractivity contribution in [2.24, 2.45) is 5.73 Å². The third-order valence-corrected chi connectivity index (χ3v) is 2.49. The van der Waals surface area contributed by atoms with Crippen molar-refractivity contribution in [1.82, 2.24) is 0 Å². The predicted molar refractivity (Wildman–Crippen MR) is 65.2 cm³/mol. The number of carbonyl (C=O) groups excluding carboxylic acids is 1. The first-order chi connectivity index (χ1) is 7.91. The van der Waals surface area contributed by atoms with Crippen molar-refractivity contribution in [3.8, 4) is 0 Å². The van der Waals surface area contributed by atoms with E-state index < -0.39 is 11.9 Å². The monoisotopic (exact) mass is 236 g/mol. The van der Waals surface area contributed by atoms with E-state index in [0.717, 1.165) is 5.56 Å². The van der Waals surface area contributed by atoms with E-state index >= 15 is 0 Å². The minimum atomic E-state index is -0.870. The van der Waals surface area contributed by atoms with Gasteiger partial charge in [-0.3, -0.25) is 9.59 Å². The van der Waals surface area contributed by atoms with Gasteiger partial charge in [0, 0.05) is 19.3 Å². The lowest BCUT2D eigenvalue weighted by atomic mass is 10.1. The molecule has 0 saturated carbocycles. The third kappa shape index (κ3) is 3.48. The first-order valence-corrected chi connectivity index (χ1v) is 5.25. The Bertz CT molecular complexity index is 443. The second kappa shape index (κ2) is 5.34. The Morgan fingerprint density at radius 3 is 2.59 bits per heavy atom. The molecule has 0 aromatic heterocycles. The molecule has 0 heterocycles. The molecule has 5 nitrogen and oxygen atoms in total. The molecule has 5 heteroatoms. The van der Waals surface area contributed by atoms with Crippen LogP contribution in [0.25, 0.3) is 0 Å². The van der Waals surface area contributed by atoms with Gasteiger partial charge in [-0.15, -0.1) is 0 Å². The van der Waals surface area contributed by atoms with Gasteiger partial charge in [-0.2, -0.15) is 0 Å². The van der Waals surface area contributed by atoms with E-state index in [0.29, 0.717) is 17.8 Å². The van der Waals surface area contributed by atoms with Crippen LogP contribution in [0.1, 0.15) is 22.3 Å². The van der Waals surface area contributed by atoms with Crippen LogP contribution in [0.15, 0.2) is 18.2 Å². The number of aryl methyl sites for hydroxylation is 1. The molecule has 3 N–H and O–H groups in total. The summed E-state index contributed by atoms with van der Waals surface area (Å²) in [5, 5.41) is 8.62. The van der Waals surface area contributed by atoms with E-state index in [4.69, 9.17) is 10.8 Å². The summed E-state index contributed by atoms with van der Waals surface area (Å²) in [7, 11) is 1.74. The van der Waals surface area contributed by atoms with Crippen LogP contribution in [0.5, 0.6) is 0 Å². The topological polar surface area (TPSA) is 83.6 Å². The summed E-state index contributed by atoms with van der Waals surface area (Å²) in [6.45, 7) is 2.23. The highest BCUT2D eigenvalue weighted by Gasteiger charge is 2.12. The van der Waals surface area contributed by atoms with E-state index in [1.165, 1.54) is 0 Å². The molecule has 1 rings (SSSR count). The zero-order valence-electron chi connectivity index (χ0n) is 9.93. The number of hydrogen-bond donors (Lipinski definition) is 2. The van der Waals surface area contributed by atoms with Crippen LogP contribution < -0.4 is 10.6 Å². The van der Waals surface area contributed by atoms with E-state index in [9.17, 15) is 9.59 Å². The number of carboxylic acids is 1. The standard InChI is InChI=1S/C12H16N2O3/c1-8-3-4-9(12(13)17)10(7-8)14(2)6-5-11(15)16/h3-4,7H,5-6H2,1-2H3,(H2,13,17)(H,15,16). The van der Waals surface area contributed by atoms with Crippen LogP contribution in [-0.2, 0) is 4.79 Å².